The lowest BCUT2D eigenvalue weighted by atomic mass is 10.1. The van der Waals surface area contributed by atoms with Gasteiger partial charge < -0.3 is 14.9 Å². The fourth-order valence-electron chi connectivity index (χ4n) is 1.83. The Balaban J connectivity index is 2.08. The van der Waals surface area contributed by atoms with E-state index in [1.165, 1.54) is 24.3 Å². The molecule has 1 aromatic carbocycles. The monoisotopic (exact) mass is 356 g/mol. The highest BCUT2D eigenvalue weighted by Gasteiger charge is 2.30. The fourth-order valence-corrected chi connectivity index (χ4v) is 1.83. The third kappa shape index (κ3) is 4.83. The summed E-state index contributed by atoms with van der Waals surface area (Å²) in [7, 11) is 0. The molecule has 0 saturated carbocycles. The second-order valence-corrected chi connectivity index (χ2v) is 4.73. The molecule has 2 aromatic rings. The van der Waals surface area contributed by atoms with E-state index in [-0.39, 0.29) is 17.1 Å². The normalized spacial score (nSPS) is 11.0. The summed E-state index contributed by atoms with van der Waals surface area (Å²) in [6, 6.07) is 5.72. The number of primary amides is 1. The van der Waals surface area contributed by atoms with Gasteiger partial charge in [-0.25, -0.2) is 9.59 Å². The molecule has 0 unspecified atom stereocenters. The van der Waals surface area contributed by atoms with E-state index in [4.69, 9.17) is 10.2 Å². The Bertz CT molecular complexity index is 813. The molecule has 3 amide bonds. The van der Waals surface area contributed by atoms with Gasteiger partial charge in [0.15, 0.2) is 6.61 Å². The number of carbonyl (C=O) groups excluding carboxylic acids is 3. The maximum absolute atomic E-state index is 12.7. The van der Waals surface area contributed by atoms with Gasteiger partial charge in [0, 0.05) is 5.56 Å². The Hall–Kier alpha value is -3.30. The molecule has 0 radical (unpaired) electrons. The Kier molecular flexibility index (Phi) is 5.11. The number of ether oxygens (including phenoxy) is 1. The number of halogens is 3. The van der Waals surface area contributed by atoms with Crippen LogP contribution in [0.25, 0.3) is 11.3 Å². The molecule has 2 rings (SSSR count). The highest BCUT2D eigenvalue weighted by atomic mass is 19.4. The molecular weight excluding hydrogens is 345 g/mol. The fraction of sp³-hybridized carbons (Fsp3) is 0.133. The Morgan fingerprint density at radius 3 is 2.52 bits per heavy atom. The molecule has 10 heteroatoms. The van der Waals surface area contributed by atoms with Gasteiger partial charge in [0.2, 0.25) is 5.76 Å². The average molecular weight is 356 g/mol. The molecule has 3 N–H and O–H groups in total. The Morgan fingerprint density at radius 1 is 1.16 bits per heavy atom. The molecule has 0 bridgehead atoms. The second kappa shape index (κ2) is 7.07. The van der Waals surface area contributed by atoms with Crippen LogP contribution in [-0.4, -0.2) is 24.5 Å². The number of alkyl halides is 3. The molecule has 0 spiro atoms. The van der Waals surface area contributed by atoms with Gasteiger partial charge in [0.25, 0.3) is 5.91 Å². The molecule has 0 saturated heterocycles. The van der Waals surface area contributed by atoms with Gasteiger partial charge in [0.1, 0.15) is 5.76 Å². The van der Waals surface area contributed by atoms with Crippen LogP contribution in [0.4, 0.5) is 18.0 Å². The average Bonchev–Trinajstić information content (AvgIpc) is 3.01. The van der Waals surface area contributed by atoms with E-state index in [0.29, 0.717) is 0 Å². The van der Waals surface area contributed by atoms with E-state index in [9.17, 15) is 27.6 Å². The number of nitrogens with two attached hydrogens (primary N) is 1. The number of amides is 3. The van der Waals surface area contributed by atoms with Crippen LogP contribution >= 0.6 is 0 Å². The summed E-state index contributed by atoms with van der Waals surface area (Å²) in [6.07, 6.45) is -4.52. The first-order chi connectivity index (χ1) is 11.7. The highest BCUT2D eigenvalue weighted by Crippen LogP contribution is 2.32. The minimum absolute atomic E-state index is 0.0136. The second-order valence-electron chi connectivity index (χ2n) is 4.73. The lowest BCUT2D eigenvalue weighted by molar-refractivity contribution is -0.137. The van der Waals surface area contributed by atoms with Crippen molar-refractivity contribution in [2.75, 3.05) is 6.61 Å². The first-order valence-electron chi connectivity index (χ1n) is 6.70. The SMILES string of the molecule is NC(=O)NC(=O)COC(=O)c1ccc(-c2cccc(C(F)(F)F)c2)o1. The molecule has 7 nitrogen and oxygen atoms in total. The van der Waals surface area contributed by atoms with Crippen LogP contribution in [0.15, 0.2) is 40.8 Å². The van der Waals surface area contributed by atoms with Crippen LogP contribution in [0.5, 0.6) is 0 Å². The van der Waals surface area contributed by atoms with E-state index in [1.807, 2.05) is 0 Å². The quantitative estimate of drug-likeness (QED) is 0.817. The zero-order valence-electron chi connectivity index (χ0n) is 12.4. The summed E-state index contributed by atoms with van der Waals surface area (Å²) in [5.41, 5.74) is 3.96. The van der Waals surface area contributed by atoms with Crippen LogP contribution in [0.1, 0.15) is 16.1 Å². The number of imide groups is 1. The van der Waals surface area contributed by atoms with Gasteiger partial charge in [-0.05, 0) is 24.3 Å². The van der Waals surface area contributed by atoms with Gasteiger partial charge in [-0.1, -0.05) is 12.1 Å². The number of esters is 1. The lowest BCUT2D eigenvalue weighted by Gasteiger charge is -2.07. The minimum atomic E-state index is -4.52. The van der Waals surface area contributed by atoms with E-state index in [1.54, 1.807) is 5.32 Å². The van der Waals surface area contributed by atoms with Crippen molar-refractivity contribution in [3.05, 3.63) is 47.7 Å². The number of urea groups is 1. The van der Waals surface area contributed by atoms with Crippen LogP contribution in [-0.2, 0) is 15.7 Å². The van der Waals surface area contributed by atoms with E-state index in [0.717, 1.165) is 12.1 Å². The van der Waals surface area contributed by atoms with Crippen molar-refractivity contribution in [2.24, 2.45) is 5.73 Å². The lowest BCUT2D eigenvalue weighted by Crippen LogP contribution is -2.37. The minimum Gasteiger partial charge on any atom is -0.450 e. The van der Waals surface area contributed by atoms with Crippen molar-refractivity contribution in [1.29, 1.82) is 0 Å². The largest absolute Gasteiger partial charge is 0.450 e. The first-order valence-corrected chi connectivity index (χ1v) is 6.70. The third-order valence-corrected chi connectivity index (χ3v) is 2.88. The maximum Gasteiger partial charge on any atom is 0.416 e. The van der Waals surface area contributed by atoms with Crippen LogP contribution in [0.2, 0.25) is 0 Å². The molecule has 25 heavy (non-hydrogen) atoms. The number of carbonyl (C=O) groups is 3. The summed E-state index contributed by atoms with van der Waals surface area (Å²) in [4.78, 5) is 33.3. The van der Waals surface area contributed by atoms with Crippen molar-refractivity contribution >= 4 is 17.9 Å². The molecule has 132 valence electrons. The molecule has 1 aromatic heterocycles. The number of nitrogens with one attached hydrogen (secondary N) is 1. The molecule has 1 heterocycles. The number of hydrogen-bond donors (Lipinski definition) is 2. The predicted octanol–water partition coefficient (Wildman–Crippen LogP) is 2.32. The standard InChI is InChI=1S/C15H11F3N2O5/c16-15(17,18)9-3-1-2-8(6-9)10-4-5-11(25-10)13(22)24-7-12(21)20-14(19)23/h1-6H,7H2,(H3,19,20,21,23). The van der Waals surface area contributed by atoms with Crippen molar-refractivity contribution in [2.45, 2.75) is 6.18 Å². The summed E-state index contributed by atoms with van der Waals surface area (Å²) >= 11 is 0. The van der Waals surface area contributed by atoms with Gasteiger partial charge in [0.05, 0.1) is 5.56 Å². The van der Waals surface area contributed by atoms with Crippen molar-refractivity contribution < 1.29 is 36.7 Å². The van der Waals surface area contributed by atoms with Crippen LogP contribution < -0.4 is 11.1 Å². The highest BCUT2D eigenvalue weighted by molar-refractivity contribution is 5.96. The molecular formula is C15H11F3N2O5. The summed E-state index contributed by atoms with van der Waals surface area (Å²) in [6.45, 7) is -0.776. The third-order valence-electron chi connectivity index (χ3n) is 2.88. The maximum atomic E-state index is 12.7. The summed E-state index contributed by atoms with van der Waals surface area (Å²) < 4.78 is 47.9. The smallest absolute Gasteiger partial charge is 0.416 e. The van der Waals surface area contributed by atoms with Crippen LogP contribution in [0, 0.1) is 0 Å². The molecule has 0 fully saturated rings. The zero-order chi connectivity index (χ0) is 18.6. The number of rotatable bonds is 4. The van der Waals surface area contributed by atoms with Crippen molar-refractivity contribution in [3.8, 4) is 11.3 Å². The van der Waals surface area contributed by atoms with E-state index >= 15 is 0 Å². The summed E-state index contributed by atoms with van der Waals surface area (Å²) in [5.74, 6) is -2.28. The van der Waals surface area contributed by atoms with Gasteiger partial charge in [-0.2, -0.15) is 13.2 Å². The van der Waals surface area contributed by atoms with Gasteiger partial charge in [-0.3, -0.25) is 10.1 Å². The van der Waals surface area contributed by atoms with Gasteiger partial charge >= 0.3 is 18.2 Å². The zero-order valence-corrected chi connectivity index (χ0v) is 12.4. The Morgan fingerprint density at radius 2 is 1.88 bits per heavy atom. The topological polar surface area (TPSA) is 112 Å². The van der Waals surface area contributed by atoms with Crippen LogP contribution in [0.3, 0.4) is 0 Å². The first kappa shape index (κ1) is 18.0. The molecule has 0 aliphatic rings. The predicted molar refractivity (Wildman–Crippen MR) is 77.2 cm³/mol. The Labute approximate surface area is 138 Å². The van der Waals surface area contributed by atoms with Gasteiger partial charge in [-0.15, -0.1) is 0 Å². The van der Waals surface area contributed by atoms with Crippen molar-refractivity contribution in [1.82, 2.24) is 5.32 Å². The van der Waals surface area contributed by atoms with E-state index in [2.05, 4.69) is 4.74 Å². The summed E-state index contributed by atoms with van der Waals surface area (Å²) in [5, 5.41) is 1.69. The number of furan rings is 1. The number of benzene rings is 1. The van der Waals surface area contributed by atoms with E-state index < -0.39 is 36.3 Å². The number of hydrogen-bond acceptors (Lipinski definition) is 5. The molecule has 0 atom stereocenters. The molecule has 0 aliphatic carbocycles. The van der Waals surface area contributed by atoms with Crippen molar-refractivity contribution in [3.63, 3.8) is 0 Å². The molecule has 0 aliphatic heterocycles.